The van der Waals surface area contributed by atoms with Crippen LogP contribution >= 0.6 is 0 Å². The number of hydrogen-bond donors (Lipinski definition) is 2. The zero-order chi connectivity index (χ0) is 24.9. The summed E-state index contributed by atoms with van der Waals surface area (Å²) in [6.07, 6.45) is 19.5. The molecular formula is C33H36N4. The lowest BCUT2D eigenvalue weighted by Crippen LogP contribution is -2.09. The van der Waals surface area contributed by atoms with Gasteiger partial charge in [0.1, 0.15) is 0 Å². The van der Waals surface area contributed by atoms with Crippen molar-refractivity contribution < 1.29 is 0 Å². The van der Waals surface area contributed by atoms with Crippen LogP contribution in [0.2, 0.25) is 0 Å². The minimum atomic E-state index is 1.01. The number of rotatable bonds is 10. The topological polar surface area (TPSA) is 49.8 Å². The molecule has 0 unspecified atom stereocenters. The molecule has 4 aromatic rings. The number of aromatic nitrogens is 2. The summed E-state index contributed by atoms with van der Waals surface area (Å²) in [5, 5.41) is 10.0. The van der Waals surface area contributed by atoms with Crippen LogP contribution in [0.25, 0.3) is 34.0 Å². The summed E-state index contributed by atoms with van der Waals surface area (Å²) >= 11 is 0. The summed E-state index contributed by atoms with van der Waals surface area (Å²) in [5.74, 6) is 0. The number of anilines is 2. The van der Waals surface area contributed by atoms with Gasteiger partial charge in [-0.2, -0.15) is 0 Å². The van der Waals surface area contributed by atoms with Gasteiger partial charge in [0.25, 0.3) is 0 Å². The van der Waals surface area contributed by atoms with Crippen LogP contribution in [-0.2, 0) is 12.8 Å². The van der Waals surface area contributed by atoms with Crippen LogP contribution < -0.4 is 10.6 Å². The number of nitrogens with one attached hydrogen (secondary N) is 2. The first-order valence-electron chi connectivity index (χ1n) is 14.0. The number of aryl methyl sites for hydroxylation is 2. The molecule has 2 aromatic carbocycles. The van der Waals surface area contributed by atoms with Crippen molar-refractivity contribution in [2.75, 3.05) is 23.7 Å². The molecule has 0 saturated carbocycles. The SMILES string of the molecule is C1=Cc2c(nc3ccccc3c2NCCCCCCCNc2c3c(nc4ccccc24)CCC=C3)CC1. The van der Waals surface area contributed by atoms with E-state index in [1.165, 1.54) is 76.8 Å². The van der Waals surface area contributed by atoms with E-state index in [0.29, 0.717) is 0 Å². The van der Waals surface area contributed by atoms with Gasteiger partial charge >= 0.3 is 0 Å². The van der Waals surface area contributed by atoms with Crippen molar-refractivity contribution in [3.63, 3.8) is 0 Å². The molecule has 4 heteroatoms. The van der Waals surface area contributed by atoms with Crippen LogP contribution in [-0.4, -0.2) is 23.1 Å². The molecule has 0 bridgehead atoms. The first-order chi connectivity index (χ1) is 18.4. The van der Waals surface area contributed by atoms with E-state index >= 15 is 0 Å². The van der Waals surface area contributed by atoms with Crippen molar-refractivity contribution in [2.45, 2.75) is 57.8 Å². The Morgan fingerprint density at radius 1 is 0.568 bits per heavy atom. The molecule has 2 aromatic heterocycles. The van der Waals surface area contributed by atoms with Gasteiger partial charge in [-0.15, -0.1) is 0 Å². The molecular weight excluding hydrogens is 452 g/mol. The molecule has 2 N–H and O–H groups in total. The molecule has 2 heterocycles. The average molecular weight is 489 g/mol. The van der Waals surface area contributed by atoms with Gasteiger partial charge < -0.3 is 10.6 Å². The van der Waals surface area contributed by atoms with Crippen LogP contribution in [0.5, 0.6) is 0 Å². The fourth-order valence-electron chi connectivity index (χ4n) is 5.73. The van der Waals surface area contributed by atoms with Crippen molar-refractivity contribution >= 4 is 45.3 Å². The van der Waals surface area contributed by atoms with E-state index in [9.17, 15) is 0 Å². The molecule has 0 spiro atoms. The van der Waals surface area contributed by atoms with Crippen LogP contribution in [0.4, 0.5) is 11.4 Å². The second kappa shape index (κ2) is 11.2. The highest BCUT2D eigenvalue weighted by atomic mass is 14.9. The van der Waals surface area contributed by atoms with Gasteiger partial charge in [0.05, 0.1) is 33.8 Å². The van der Waals surface area contributed by atoms with Gasteiger partial charge in [0.15, 0.2) is 0 Å². The number of fused-ring (bicyclic) bond motifs is 4. The van der Waals surface area contributed by atoms with E-state index in [4.69, 9.17) is 9.97 Å². The molecule has 188 valence electrons. The molecule has 2 aliphatic carbocycles. The minimum Gasteiger partial charge on any atom is -0.384 e. The number of unbranched alkanes of at least 4 members (excludes halogenated alkanes) is 4. The van der Waals surface area contributed by atoms with Crippen molar-refractivity contribution in [3.8, 4) is 0 Å². The van der Waals surface area contributed by atoms with Gasteiger partial charge in [-0.05, 0) is 50.7 Å². The minimum absolute atomic E-state index is 1.01. The van der Waals surface area contributed by atoms with Gasteiger partial charge in [0.2, 0.25) is 0 Å². The molecule has 2 aliphatic rings. The molecule has 4 nitrogen and oxygen atoms in total. The summed E-state index contributed by atoms with van der Waals surface area (Å²) in [6.45, 7) is 2.02. The summed E-state index contributed by atoms with van der Waals surface area (Å²) in [4.78, 5) is 9.84. The highest BCUT2D eigenvalue weighted by molar-refractivity contribution is 5.97. The lowest BCUT2D eigenvalue weighted by atomic mass is 9.98. The monoisotopic (exact) mass is 488 g/mol. The Kier molecular flexibility index (Phi) is 7.16. The van der Waals surface area contributed by atoms with Gasteiger partial charge in [-0.1, -0.05) is 80.0 Å². The average Bonchev–Trinajstić information content (AvgIpc) is 2.95. The number of hydrogen-bond acceptors (Lipinski definition) is 4. The predicted molar refractivity (Wildman–Crippen MR) is 158 cm³/mol. The highest BCUT2D eigenvalue weighted by Crippen LogP contribution is 2.34. The molecule has 0 atom stereocenters. The number of para-hydroxylation sites is 2. The highest BCUT2D eigenvalue weighted by Gasteiger charge is 2.16. The Hall–Kier alpha value is -3.66. The summed E-state index contributed by atoms with van der Waals surface area (Å²) in [7, 11) is 0. The van der Waals surface area contributed by atoms with Crippen molar-refractivity contribution in [1.29, 1.82) is 0 Å². The second-order valence-corrected chi connectivity index (χ2v) is 10.2. The third-order valence-electron chi connectivity index (χ3n) is 7.64. The van der Waals surface area contributed by atoms with E-state index in [1.54, 1.807) is 0 Å². The first kappa shape index (κ1) is 23.7. The predicted octanol–water partition coefficient (Wildman–Crippen LogP) is 8.18. The maximum atomic E-state index is 4.92. The van der Waals surface area contributed by atoms with Crippen molar-refractivity contribution in [3.05, 3.63) is 83.2 Å². The zero-order valence-corrected chi connectivity index (χ0v) is 21.6. The number of nitrogens with zero attached hydrogens (tertiary/aromatic N) is 2. The summed E-state index contributed by atoms with van der Waals surface area (Å²) in [6, 6.07) is 17.1. The van der Waals surface area contributed by atoms with E-state index in [-0.39, 0.29) is 0 Å². The lowest BCUT2D eigenvalue weighted by molar-refractivity contribution is 0.635. The smallest absolute Gasteiger partial charge is 0.0726 e. The van der Waals surface area contributed by atoms with Gasteiger partial charge in [0, 0.05) is 35.0 Å². The Bertz CT molecular complexity index is 1360. The fourth-order valence-corrected chi connectivity index (χ4v) is 5.73. The first-order valence-corrected chi connectivity index (χ1v) is 14.0. The molecule has 0 amide bonds. The Morgan fingerprint density at radius 3 is 1.54 bits per heavy atom. The third kappa shape index (κ3) is 5.11. The molecule has 0 aliphatic heterocycles. The maximum Gasteiger partial charge on any atom is 0.0726 e. The fraction of sp³-hybridized carbons (Fsp3) is 0.333. The summed E-state index contributed by atoms with van der Waals surface area (Å²) < 4.78 is 0. The molecule has 0 fully saturated rings. The van der Waals surface area contributed by atoms with Crippen molar-refractivity contribution in [1.82, 2.24) is 9.97 Å². The van der Waals surface area contributed by atoms with Crippen LogP contribution in [0.1, 0.15) is 67.5 Å². The Morgan fingerprint density at radius 2 is 1.03 bits per heavy atom. The lowest BCUT2D eigenvalue weighted by Gasteiger charge is -2.19. The van der Waals surface area contributed by atoms with E-state index in [0.717, 1.165) is 49.8 Å². The van der Waals surface area contributed by atoms with E-state index in [2.05, 4.69) is 83.5 Å². The van der Waals surface area contributed by atoms with E-state index < -0.39 is 0 Å². The largest absolute Gasteiger partial charge is 0.384 e. The van der Waals surface area contributed by atoms with Crippen LogP contribution in [0, 0.1) is 0 Å². The van der Waals surface area contributed by atoms with Gasteiger partial charge in [-0.25, -0.2) is 0 Å². The molecule has 0 saturated heterocycles. The molecule has 37 heavy (non-hydrogen) atoms. The summed E-state index contributed by atoms with van der Waals surface area (Å²) in [5.41, 5.74) is 9.78. The Balaban J connectivity index is 0.987. The van der Waals surface area contributed by atoms with E-state index in [1.807, 2.05) is 0 Å². The quantitative estimate of drug-likeness (QED) is 0.221. The molecule has 6 rings (SSSR count). The number of benzene rings is 2. The second-order valence-electron chi connectivity index (χ2n) is 10.2. The zero-order valence-electron chi connectivity index (χ0n) is 21.6. The van der Waals surface area contributed by atoms with Crippen molar-refractivity contribution in [2.24, 2.45) is 0 Å². The standard InChI is InChI=1S/C33H36N4/c1(2-12-22-34-32-24-14-4-8-18-28(24)36-29-19-9-5-15-25(29)32)3-13-23-35-33-26-16-6-10-20-30(26)37-31-21-11-7-17-27(31)33/h4-8,10,14-18,20H,1-3,9,11-13,19,21-23H2,(H,34,36)(H,35,37). The van der Waals surface area contributed by atoms with Gasteiger partial charge in [-0.3, -0.25) is 9.97 Å². The maximum absolute atomic E-state index is 4.92. The Labute approximate surface area is 219 Å². The van der Waals surface area contributed by atoms with Crippen LogP contribution in [0.15, 0.2) is 60.7 Å². The van der Waals surface area contributed by atoms with Crippen LogP contribution in [0.3, 0.4) is 0 Å². The number of pyridine rings is 2. The third-order valence-corrected chi connectivity index (χ3v) is 7.64. The number of allylic oxidation sites excluding steroid dienone is 2. The molecule has 0 radical (unpaired) electrons. The normalized spacial score (nSPS) is 14.1.